The molecule has 0 saturated heterocycles. The van der Waals surface area contributed by atoms with Gasteiger partial charge in [-0.15, -0.1) is 0 Å². The van der Waals surface area contributed by atoms with Crippen LogP contribution >= 0.6 is 0 Å². The van der Waals surface area contributed by atoms with Gasteiger partial charge in [0.1, 0.15) is 0 Å². The molecule has 11 aromatic rings. The molecule has 8 bridgehead atoms. The number of nitrogens with one attached hydrogen (secondary N) is 2. The fourth-order valence-electron chi connectivity index (χ4n) is 15.0. The lowest BCUT2D eigenvalue weighted by molar-refractivity contribution is 1.31. The third-order valence-electron chi connectivity index (χ3n) is 20.7. The lowest BCUT2D eigenvalue weighted by Crippen LogP contribution is -2.37. The number of rotatable bonds is 20. The number of fused-ring (bicyclic) bond motifs is 8. The molecular weight excluding hydrogens is 1320 g/mol. The smallest absolute Gasteiger partial charge is 0.0776 e. The highest BCUT2D eigenvalue weighted by Crippen LogP contribution is 2.48. The Morgan fingerprint density at radius 2 is 0.413 bits per heavy atom. The van der Waals surface area contributed by atoms with Crippen molar-refractivity contribution < 1.29 is 0 Å². The zero-order chi connectivity index (χ0) is 73.9. The quantitative estimate of drug-likeness (QED) is 0.0747. The molecule has 104 heavy (non-hydrogen) atoms. The van der Waals surface area contributed by atoms with Crippen LogP contribution in [0, 0.1) is 0 Å². The first-order chi connectivity index (χ1) is 49.7. The van der Waals surface area contributed by atoms with Crippen molar-refractivity contribution in [1.29, 1.82) is 0 Å². The van der Waals surface area contributed by atoms with Crippen molar-refractivity contribution >= 4 is 148 Å². The molecule has 8 aromatic carbocycles. The van der Waals surface area contributed by atoms with E-state index in [-0.39, 0.29) is 0 Å². The van der Waals surface area contributed by atoms with Crippen LogP contribution in [0.25, 0.3) is 184 Å². The summed E-state index contributed by atoms with van der Waals surface area (Å²) in [5, 5.41) is 5.32. The van der Waals surface area contributed by atoms with E-state index in [0.717, 1.165) is 178 Å². The summed E-state index contributed by atoms with van der Waals surface area (Å²) in [4.78, 5) is 20.6. The topological polar surface area (TPSA) is 57.4 Å². The van der Waals surface area contributed by atoms with Gasteiger partial charge in [0.15, 0.2) is 0 Å². The summed E-state index contributed by atoms with van der Waals surface area (Å²) in [6.45, 7) is 64.5. The molecule has 0 radical (unpaired) electrons. The van der Waals surface area contributed by atoms with Crippen LogP contribution in [0.15, 0.2) is 222 Å². The van der Waals surface area contributed by atoms with Crippen molar-refractivity contribution in [2.24, 2.45) is 0 Å². The van der Waals surface area contributed by atoms with Gasteiger partial charge in [-0.25, -0.2) is 9.97 Å². The van der Waals surface area contributed by atoms with E-state index >= 15 is 0 Å². The summed E-state index contributed by atoms with van der Waals surface area (Å²) >= 11 is 0. The predicted molar refractivity (Wildman–Crippen MR) is 475 cm³/mol. The van der Waals surface area contributed by atoms with Crippen molar-refractivity contribution in [3.05, 3.63) is 290 Å². The summed E-state index contributed by atoms with van der Waals surface area (Å²) in [5.74, 6) is 0. The molecule has 0 atom stereocenters. The van der Waals surface area contributed by atoms with Gasteiger partial charge in [0, 0.05) is 44.3 Å². The average molecular weight is 1420 g/mol. The Balaban J connectivity index is 1.31. The number of hydrogen-bond acceptors (Lipinski definition) is 2. The van der Waals surface area contributed by atoms with Crippen LogP contribution < -0.4 is 20.7 Å². The van der Waals surface area contributed by atoms with Crippen LogP contribution in [0.2, 0.25) is 78.6 Å². The zero-order valence-electron chi connectivity index (χ0n) is 62.6. The van der Waals surface area contributed by atoms with Gasteiger partial charge in [-0.3, -0.25) is 0 Å². The minimum atomic E-state index is -1.95. The van der Waals surface area contributed by atoms with Crippen molar-refractivity contribution in [2.45, 2.75) is 78.6 Å². The molecule has 0 amide bonds. The molecule has 4 nitrogen and oxygen atoms in total. The maximum absolute atomic E-state index is 6.09. The van der Waals surface area contributed by atoms with Gasteiger partial charge in [-0.2, -0.15) is 0 Å². The number of H-pyrrole nitrogens is 2. The summed E-state index contributed by atoms with van der Waals surface area (Å²) in [6, 6.07) is 63.3. The summed E-state index contributed by atoms with van der Waals surface area (Å²) in [6.07, 6.45) is 24.7. The monoisotopic (exact) mass is 1410 g/mol. The number of hydrogen-bond donors (Lipinski definition) is 2. The number of nitrogens with zero attached hydrogens (tertiary/aromatic N) is 2. The SMILES string of the molecule is C=Cc1cccc(C=C)c1-c1cc([Si](C)(C)C)ccc1-c1c2nc(c(-c3ccc([Si](C)(C)C)cc3-c3c(C=C)cccc3C=C)c3ccc([nH]3)c(-c3ccc([Si](C)(C)C)cc3-c3c(C=C)cccc3C=C)c3nc(c(-c4ccc([Si](C)(C)C)cc4-c4c(C=C)cccc4C=C)c4ccc1[nH]4)C=C3)C=C2. The Kier molecular flexibility index (Phi) is 19.3. The third-order valence-corrected chi connectivity index (χ3v) is 28.9. The molecule has 514 valence electrons. The number of benzene rings is 8. The maximum atomic E-state index is 6.09. The Labute approximate surface area is 620 Å². The number of aromatic amines is 2. The second-order valence-electron chi connectivity index (χ2n) is 31.4. The van der Waals surface area contributed by atoms with Gasteiger partial charge >= 0.3 is 0 Å². The van der Waals surface area contributed by atoms with E-state index in [1.807, 2.05) is 48.6 Å². The van der Waals surface area contributed by atoms with Gasteiger partial charge in [0.05, 0.1) is 55.1 Å². The third kappa shape index (κ3) is 13.2. The first-order valence-electron chi connectivity index (χ1n) is 36.0. The Bertz CT molecular complexity index is 4910. The summed E-state index contributed by atoms with van der Waals surface area (Å²) < 4.78 is 0. The lowest BCUT2D eigenvalue weighted by Gasteiger charge is -2.23. The molecule has 5 heterocycles. The molecule has 8 heteroatoms. The predicted octanol–water partition coefficient (Wildman–Crippen LogP) is 25.3. The van der Waals surface area contributed by atoms with E-state index in [0.29, 0.717) is 0 Å². The van der Waals surface area contributed by atoms with E-state index in [4.69, 9.17) is 9.97 Å². The highest BCUT2D eigenvalue weighted by Gasteiger charge is 2.31. The standard InChI is InChI=1S/C96H94N4Si4/c1-21-61-33-29-34-62(22-2)89(61)77-57-69(101(9,10)11)41-45-73(77)93-81-49-51-83(97-81)94(74-46-42-70(102(12,13)14)58-78(74)90-63(23-3)35-30-36-64(90)24-4)85-53-55-87(99-85)96(76-48-44-72(104(18,19)20)60-80(76)92-67(27-7)39-32-40-68(92)28-8)88-56-54-86(100-88)95(84-52-50-82(93)98-84)75-47-43-71(103(15,16)17)59-79(75)91-65(25-5)37-31-38-66(91)26-6/h21-60,97,100H,1-8H2,9-20H3. The molecule has 13 rings (SSSR count). The van der Waals surface area contributed by atoms with Crippen LogP contribution in [0.5, 0.6) is 0 Å². The van der Waals surface area contributed by atoms with E-state index < -0.39 is 32.3 Å². The fraction of sp³-hybridized carbons (Fsp3) is 0.125. The summed E-state index contributed by atoms with van der Waals surface area (Å²) in [7, 11) is -7.80. The first-order valence-corrected chi connectivity index (χ1v) is 50.0. The normalized spacial score (nSPS) is 12.3. The maximum Gasteiger partial charge on any atom is 0.0776 e. The minimum Gasteiger partial charge on any atom is -0.354 e. The summed E-state index contributed by atoms with van der Waals surface area (Å²) in [5.41, 5.74) is 31.2. The largest absolute Gasteiger partial charge is 0.354 e. The molecule has 0 unspecified atom stereocenters. The van der Waals surface area contributed by atoms with E-state index in [1.165, 1.54) is 20.7 Å². The molecule has 3 aromatic heterocycles. The van der Waals surface area contributed by atoms with E-state index in [9.17, 15) is 0 Å². The van der Waals surface area contributed by atoms with Gasteiger partial charge < -0.3 is 9.97 Å². The highest BCUT2D eigenvalue weighted by atomic mass is 28.3. The van der Waals surface area contributed by atoms with Crippen LogP contribution in [-0.4, -0.2) is 52.2 Å². The molecule has 0 fully saturated rings. The van der Waals surface area contributed by atoms with Crippen LogP contribution in [-0.2, 0) is 0 Å². The van der Waals surface area contributed by atoms with Gasteiger partial charge in [0.25, 0.3) is 0 Å². The van der Waals surface area contributed by atoms with E-state index in [1.54, 1.807) is 0 Å². The molecule has 2 aliphatic rings. The highest BCUT2D eigenvalue weighted by molar-refractivity contribution is 6.90. The first kappa shape index (κ1) is 71.5. The van der Waals surface area contributed by atoms with Crippen LogP contribution in [0.1, 0.15) is 67.3 Å². The molecule has 2 aliphatic heterocycles. The second kappa shape index (κ2) is 28.1. The lowest BCUT2D eigenvalue weighted by atomic mass is 9.88. The van der Waals surface area contributed by atoms with Gasteiger partial charge in [-0.1, -0.05) is 346 Å². The Morgan fingerprint density at radius 3 is 0.577 bits per heavy atom. The van der Waals surface area contributed by atoms with Crippen LogP contribution in [0.3, 0.4) is 0 Å². The fourth-order valence-corrected chi connectivity index (χ4v) is 19.7. The molecular formula is C96H94N4Si4. The van der Waals surface area contributed by atoms with Gasteiger partial charge in [0.2, 0.25) is 0 Å². The Hall–Kier alpha value is -10.9. The zero-order valence-corrected chi connectivity index (χ0v) is 66.6. The average Bonchev–Trinajstić information content (AvgIpc) is 1.48. The molecule has 0 aliphatic carbocycles. The molecule has 0 saturated carbocycles. The van der Waals surface area contributed by atoms with E-state index in [2.05, 4.69) is 335 Å². The van der Waals surface area contributed by atoms with Crippen molar-refractivity contribution in [2.75, 3.05) is 0 Å². The molecule has 0 spiro atoms. The molecule has 2 N–H and O–H groups in total. The van der Waals surface area contributed by atoms with Crippen molar-refractivity contribution in [3.63, 3.8) is 0 Å². The van der Waals surface area contributed by atoms with Crippen molar-refractivity contribution in [3.8, 4) is 89.0 Å². The minimum absolute atomic E-state index is 0.797. The van der Waals surface area contributed by atoms with Gasteiger partial charge in [-0.05, 0) is 160 Å². The number of aromatic nitrogens is 4. The van der Waals surface area contributed by atoms with Crippen LogP contribution in [0.4, 0.5) is 0 Å². The second-order valence-corrected chi connectivity index (χ2v) is 51.7. The Morgan fingerprint density at radius 1 is 0.231 bits per heavy atom. The van der Waals surface area contributed by atoms with Crippen molar-refractivity contribution in [1.82, 2.24) is 19.9 Å².